The third-order valence-electron chi connectivity index (χ3n) is 3.79. The van der Waals surface area contributed by atoms with Crippen LogP contribution in [0.4, 0.5) is 9.52 Å². The number of hydrogen-bond donors (Lipinski definition) is 1. The molecule has 0 saturated heterocycles. The molecule has 0 spiro atoms. The second kappa shape index (κ2) is 9.09. The molecule has 8 heteroatoms. The first-order chi connectivity index (χ1) is 13.5. The molecular weight excluding hydrogens is 383 g/mol. The summed E-state index contributed by atoms with van der Waals surface area (Å²) in [5, 5.41) is 4.77. The van der Waals surface area contributed by atoms with Crippen LogP contribution in [0.3, 0.4) is 0 Å². The summed E-state index contributed by atoms with van der Waals surface area (Å²) < 4.78 is 23.5. The Morgan fingerprint density at radius 2 is 1.89 bits per heavy atom. The van der Waals surface area contributed by atoms with Crippen LogP contribution >= 0.6 is 11.3 Å². The van der Waals surface area contributed by atoms with Gasteiger partial charge in [-0.15, -0.1) is 11.3 Å². The lowest BCUT2D eigenvalue weighted by atomic mass is 10.1. The second-order valence-corrected chi connectivity index (χ2v) is 6.60. The van der Waals surface area contributed by atoms with Crippen molar-refractivity contribution in [3.8, 4) is 17.0 Å². The minimum atomic E-state index is -0.682. The average Bonchev–Trinajstić information content (AvgIpc) is 3.16. The first kappa shape index (κ1) is 19.5. The van der Waals surface area contributed by atoms with Crippen LogP contribution in [0.1, 0.15) is 5.56 Å². The van der Waals surface area contributed by atoms with Crippen LogP contribution in [0.5, 0.6) is 5.75 Å². The fourth-order valence-electron chi connectivity index (χ4n) is 2.38. The van der Waals surface area contributed by atoms with Gasteiger partial charge in [-0.2, -0.15) is 0 Å². The van der Waals surface area contributed by atoms with E-state index in [1.165, 1.54) is 29.5 Å². The van der Waals surface area contributed by atoms with E-state index in [2.05, 4.69) is 10.3 Å². The Bertz CT molecular complexity index is 972. The predicted molar refractivity (Wildman–Crippen MR) is 104 cm³/mol. The largest absolute Gasteiger partial charge is 0.497 e. The molecule has 6 nitrogen and oxygen atoms in total. The van der Waals surface area contributed by atoms with E-state index >= 15 is 0 Å². The van der Waals surface area contributed by atoms with Crippen LogP contribution in [-0.2, 0) is 20.7 Å². The molecule has 28 heavy (non-hydrogen) atoms. The molecule has 3 aromatic rings. The van der Waals surface area contributed by atoms with Crippen molar-refractivity contribution in [1.29, 1.82) is 0 Å². The van der Waals surface area contributed by atoms with Crippen molar-refractivity contribution < 1.29 is 23.5 Å². The van der Waals surface area contributed by atoms with Crippen LogP contribution in [0.25, 0.3) is 11.3 Å². The number of aromatic nitrogens is 1. The minimum Gasteiger partial charge on any atom is -0.497 e. The van der Waals surface area contributed by atoms with E-state index < -0.39 is 24.3 Å². The average molecular weight is 400 g/mol. The molecule has 0 aliphatic heterocycles. The quantitative estimate of drug-likeness (QED) is 0.612. The van der Waals surface area contributed by atoms with Crippen LogP contribution < -0.4 is 10.1 Å². The van der Waals surface area contributed by atoms with Crippen LogP contribution in [0.15, 0.2) is 53.9 Å². The van der Waals surface area contributed by atoms with Crippen LogP contribution in [0.2, 0.25) is 0 Å². The van der Waals surface area contributed by atoms with Gasteiger partial charge in [0.1, 0.15) is 11.6 Å². The van der Waals surface area contributed by atoms with Crippen molar-refractivity contribution in [3.63, 3.8) is 0 Å². The van der Waals surface area contributed by atoms with E-state index in [1.54, 1.807) is 13.2 Å². The van der Waals surface area contributed by atoms with Gasteiger partial charge in [-0.25, -0.2) is 9.37 Å². The van der Waals surface area contributed by atoms with Crippen molar-refractivity contribution in [3.05, 3.63) is 65.3 Å². The maximum atomic E-state index is 13.5. The van der Waals surface area contributed by atoms with Crippen molar-refractivity contribution in [2.75, 3.05) is 19.0 Å². The zero-order valence-corrected chi connectivity index (χ0v) is 15.8. The van der Waals surface area contributed by atoms with Gasteiger partial charge < -0.3 is 9.47 Å². The zero-order chi connectivity index (χ0) is 19.9. The van der Waals surface area contributed by atoms with E-state index in [0.717, 1.165) is 11.3 Å². The molecule has 1 aromatic heterocycles. The van der Waals surface area contributed by atoms with Crippen molar-refractivity contribution in [1.82, 2.24) is 4.98 Å². The fraction of sp³-hybridized carbons (Fsp3) is 0.150. The summed E-state index contributed by atoms with van der Waals surface area (Å²) >= 11 is 1.26. The highest BCUT2D eigenvalue weighted by molar-refractivity contribution is 7.14. The molecule has 1 amide bonds. The SMILES string of the molecule is COc1ccc(-c2csc(NC(=O)COC(=O)Cc3ccccc3F)n2)cc1. The molecule has 1 N–H and O–H groups in total. The number of anilines is 1. The van der Waals surface area contributed by atoms with Crippen LogP contribution in [0, 0.1) is 5.82 Å². The molecular formula is C20H17FN2O4S. The Labute approximate surface area is 164 Å². The van der Waals surface area contributed by atoms with Gasteiger partial charge in [0.2, 0.25) is 0 Å². The monoisotopic (exact) mass is 400 g/mol. The molecule has 1 heterocycles. The third kappa shape index (κ3) is 5.14. The van der Waals surface area contributed by atoms with E-state index in [9.17, 15) is 14.0 Å². The molecule has 0 atom stereocenters. The zero-order valence-electron chi connectivity index (χ0n) is 15.0. The number of esters is 1. The summed E-state index contributed by atoms with van der Waals surface area (Å²) in [4.78, 5) is 28.1. The Morgan fingerprint density at radius 3 is 2.61 bits per heavy atom. The van der Waals surface area contributed by atoms with E-state index in [4.69, 9.17) is 9.47 Å². The highest BCUT2D eigenvalue weighted by Gasteiger charge is 2.13. The van der Waals surface area contributed by atoms with Gasteiger partial charge in [0.25, 0.3) is 5.91 Å². The van der Waals surface area contributed by atoms with Gasteiger partial charge in [0.15, 0.2) is 11.7 Å². The summed E-state index contributed by atoms with van der Waals surface area (Å²) in [6, 6.07) is 13.3. The van der Waals surface area contributed by atoms with Crippen molar-refractivity contribution in [2.24, 2.45) is 0 Å². The van der Waals surface area contributed by atoms with E-state index in [1.807, 2.05) is 29.6 Å². The molecule has 3 rings (SSSR count). The number of carbonyl (C=O) groups excluding carboxylic acids is 2. The van der Waals surface area contributed by atoms with Crippen molar-refractivity contribution in [2.45, 2.75) is 6.42 Å². The summed E-state index contributed by atoms with van der Waals surface area (Å²) in [6.07, 6.45) is -0.237. The molecule has 0 aliphatic rings. The fourth-order valence-corrected chi connectivity index (χ4v) is 3.11. The Hall–Kier alpha value is -3.26. The number of ether oxygens (including phenoxy) is 2. The standard InChI is InChI=1S/C20H17FN2O4S/c1-26-15-8-6-13(7-9-15)17-12-28-20(22-17)23-18(24)11-27-19(25)10-14-4-2-3-5-16(14)21/h2-9,12H,10-11H2,1H3,(H,22,23,24). The van der Waals surface area contributed by atoms with E-state index in [-0.39, 0.29) is 12.0 Å². The topological polar surface area (TPSA) is 77.5 Å². The summed E-state index contributed by atoms with van der Waals surface area (Å²) in [7, 11) is 1.59. The molecule has 144 valence electrons. The number of nitrogens with zero attached hydrogens (tertiary/aromatic N) is 1. The summed E-state index contributed by atoms with van der Waals surface area (Å²) in [6.45, 7) is -0.468. The molecule has 0 radical (unpaired) electrons. The van der Waals surface area contributed by atoms with E-state index in [0.29, 0.717) is 10.8 Å². The number of methoxy groups -OCH3 is 1. The number of hydrogen-bond acceptors (Lipinski definition) is 6. The predicted octanol–water partition coefficient (Wildman–Crippen LogP) is 3.68. The normalized spacial score (nSPS) is 10.4. The number of amides is 1. The first-order valence-electron chi connectivity index (χ1n) is 8.34. The number of rotatable bonds is 7. The minimum absolute atomic E-state index is 0.219. The first-order valence-corrected chi connectivity index (χ1v) is 9.22. The third-order valence-corrected chi connectivity index (χ3v) is 4.55. The van der Waals surface area contributed by atoms with Crippen LogP contribution in [-0.4, -0.2) is 30.6 Å². The summed E-state index contributed by atoms with van der Waals surface area (Å²) in [5.41, 5.74) is 1.81. The van der Waals surface area contributed by atoms with Gasteiger partial charge in [0.05, 0.1) is 19.2 Å². The molecule has 0 bridgehead atoms. The Balaban J connectivity index is 1.50. The van der Waals surface area contributed by atoms with Gasteiger partial charge in [-0.1, -0.05) is 18.2 Å². The van der Waals surface area contributed by atoms with Gasteiger partial charge in [-0.05, 0) is 35.9 Å². The second-order valence-electron chi connectivity index (χ2n) is 5.74. The molecule has 2 aromatic carbocycles. The van der Waals surface area contributed by atoms with Gasteiger partial charge >= 0.3 is 5.97 Å². The van der Waals surface area contributed by atoms with Crippen molar-refractivity contribution >= 4 is 28.3 Å². The molecule has 0 saturated carbocycles. The smallest absolute Gasteiger partial charge is 0.310 e. The number of benzene rings is 2. The lowest BCUT2D eigenvalue weighted by Crippen LogP contribution is -2.21. The lowest BCUT2D eigenvalue weighted by molar-refractivity contribution is -0.146. The highest BCUT2D eigenvalue weighted by atomic mass is 32.1. The maximum Gasteiger partial charge on any atom is 0.310 e. The number of halogens is 1. The highest BCUT2D eigenvalue weighted by Crippen LogP contribution is 2.26. The number of thiazole rings is 1. The Morgan fingerprint density at radius 1 is 1.14 bits per heavy atom. The molecule has 0 unspecified atom stereocenters. The maximum absolute atomic E-state index is 13.5. The lowest BCUT2D eigenvalue weighted by Gasteiger charge is -2.05. The van der Waals surface area contributed by atoms with Gasteiger partial charge in [0, 0.05) is 10.9 Å². The number of carbonyl (C=O) groups is 2. The Kier molecular flexibility index (Phi) is 6.33. The molecule has 0 fully saturated rings. The van der Waals surface area contributed by atoms with Gasteiger partial charge in [-0.3, -0.25) is 14.9 Å². The summed E-state index contributed by atoms with van der Waals surface area (Å²) in [5.74, 6) is -0.946. The number of nitrogens with one attached hydrogen (secondary N) is 1. The molecule has 0 aliphatic carbocycles.